The first-order valence-corrected chi connectivity index (χ1v) is 23.1. The first kappa shape index (κ1) is 37.2. The van der Waals surface area contributed by atoms with Gasteiger partial charge in [-0.2, -0.15) is 0 Å². The largest absolute Gasteiger partial charge is 0.456 e. The Balaban J connectivity index is 1.08. The summed E-state index contributed by atoms with van der Waals surface area (Å²) in [5.74, 6) is 0. The van der Waals surface area contributed by atoms with E-state index < -0.39 is 5.41 Å². The molecule has 3 aliphatic rings. The van der Waals surface area contributed by atoms with Crippen LogP contribution in [0, 0.1) is 0 Å². The van der Waals surface area contributed by atoms with Crippen LogP contribution < -0.4 is 4.90 Å². The van der Waals surface area contributed by atoms with E-state index in [9.17, 15) is 0 Å². The maximum Gasteiger partial charge on any atom is 0.136 e. The molecule has 310 valence electrons. The lowest BCUT2D eigenvalue weighted by molar-refractivity contribution is 0.660. The van der Waals surface area contributed by atoms with Crippen LogP contribution in [0.15, 0.2) is 229 Å². The summed E-state index contributed by atoms with van der Waals surface area (Å²) in [6, 6.07) is 83.6. The Morgan fingerprint density at radius 1 is 0.303 bits per heavy atom. The molecule has 0 aliphatic heterocycles. The lowest BCUT2D eigenvalue weighted by atomic mass is 9.65. The maximum atomic E-state index is 6.63. The van der Waals surface area contributed by atoms with Gasteiger partial charge < -0.3 is 9.32 Å². The van der Waals surface area contributed by atoms with Crippen molar-refractivity contribution in [3.63, 3.8) is 0 Å². The third-order valence-electron chi connectivity index (χ3n) is 15.1. The molecule has 1 heterocycles. The van der Waals surface area contributed by atoms with Gasteiger partial charge in [0.2, 0.25) is 0 Å². The smallest absolute Gasteiger partial charge is 0.136 e. The van der Waals surface area contributed by atoms with E-state index in [0.29, 0.717) is 0 Å². The number of nitrogens with zero attached hydrogens (tertiary/aromatic N) is 1. The van der Waals surface area contributed by atoms with Crippen LogP contribution in [0.1, 0.15) is 47.2 Å². The molecule has 3 aliphatic carbocycles. The molecule has 2 nitrogen and oxygen atoms in total. The summed E-state index contributed by atoms with van der Waals surface area (Å²) in [4.78, 5) is 2.49. The highest BCUT2D eigenvalue weighted by Gasteiger charge is 2.50. The molecule has 0 saturated carbocycles. The van der Waals surface area contributed by atoms with Crippen LogP contribution in [0.5, 0.6) is 0 Å². The van der Waals surface area contributed by atoms with Gasteiger partial charge in [0, 0.05) is 33.2 Å². The van der Waals surface area contributed by atoms with Gasteiger partial charge in [-0.15, -0.1) is 0 Å². The Morgan fingerprint density at radius 3 is 1.45 bits per heavy atom. The van der Waals surface area contributed by atoms with Crippen LogP contribution in [0.25, 0.3) is 77.6 Å². The molecule has 10 aromatic carbocycles. The maximum absolute atomic E-state index is 6.63. The van der Waals surface area contributed by atoms with Crippen LogP contribution in [0.3, 0.4) is 0 Å². The topological polar surface area (TPSA) is 16.4 Å². The Morgan fingerprint density at radius 2 is 0.773 bits per heavy atom. The highest BCUT2D eigenvalue weighted by molar-refractivity contribution is 6.09. The summed E-state index contributed by atoms with van der Waals surface area (Å²) in [6.07, 6.45) is 0. The second-order valence-corrected chi connectivity index (χ2v) is 18.8. The van der Waals surface area contributed by atoms with Gasteiger partial charge in [-0.25, -0.2) is 0 Å². The third kappa shape index (κ3) is 5.01. The van der Waals surface area contributed by atoms with Crippen molar-refractivity contribution in [2.24, 2.45) is 0 Å². The van der Waals surface area contributed by atoms with Gasteiger partial charge in [-0.3, -0.25) is 0 Å². The van der Waals surface area contributed by atoms with Crippen molar-refractivity contribution in [2.45, 2.75) is 24.7 Å². The lowest BCUT2D eigenvalue weighted by Crippen LogP contribution is -2.29. The zero-order valence-corrected chi connectivity index (χ0v) is 36.7. The van der Waals surface area contributed by atoms with Crippen molar-refractivity contribution in [3.8, 4) is 55.6 Å². The third-order valence-corrected chi connectivity index (χ3v) is 15.1. The molecular formula is C64H43NO. The summed E-state index contributed by atoms with van der Waals surface area (Å²) in [5, 5.41) is 2.27. The van der Waals surface area contributed by atoms with E-state index in [1.54, 1.807) is 0 Å². The highest BCUT2D eigenvalue weighted by Crippen LogP contribution is 2.63. The average molecular weight is 842 g/mol. The van der Waals surface area contributed by atoms with Crippen LogP contribution >= 0.6 is 0 Å². The van der Waals surface area contributed by atoms with Crippen molar-refractivity contribution in [3.05, 3.63) is 258 Å². The van der Waals surface area contributed by atoms with E-state index in [4.69, 9.17) is 4.42 Å². The molecule has 1 aromatic heterocycles. The minimum Gasteiger partial charge on any atom is -0.456 e. The van der Waals surface area contributed by atoms with E-state index >= 15 is 0 Å². The van der Waals surface area contributed by atoms with E-state index in [-0.39, 0.29) is 5.41 Å². The SMILES string of the molecule is CC1(C)c2ccccc2-c2ccc(N(c3ccc(-c4ccccc4)cc3)c3ccc4c(c3)C3(c5ccccc5-c5ccccc5-4)c4ccccc4-c4cc5oc6ccccc6c5cc43)cc21. The molecule has 0 bridgehead atoms. The van der Waals surface area contributed by atoms with Gasteiger partial charge in [-0.1, -0.05) is 184 Å². The predicted octanol–water partition coefficient (Wildman–Crippen LogP) is 17.0. The minimum atomic E-state index is -0.677. The molecular weight excluding hydrogens is 799 g/mol. The van der Waals surface area contributed by atoms with Gasteiger partial charge >= 0.3 is 0 Å². The van der Waals surface area contributed by atoms with E-state index in [1.807, 2.05) is 0 Å². The fraction of sp³-hybridized carbons (Fsp3) is 0.0625. The van der Waals surface area contributed by atoms with Gasteiger partial charge in [0.05, 0.1) is 5.41 Å². The number of fused-ring (bicyclic) bond motifs is 18. The molecule has 0 amide bonds. The van der Waals surface area contributed by atoms with Crippen molar-refractivity contribution < 1.29 is 4.42 Å². The molecule has 1 unspecified atom stereocenters. The molecule has 0 saturated heterocycles. The minimum absolute atomic E-state index is 0.157. The fourth-order valence-electron chi connectivity index (χ4n) is 12.1. The molecule has 0 fully saturated rings. The average Bonchev–Trinajstić information content (AvgIpc) is 3.94. The number of rotatable bonds is 4. The number of anilines is 3. The van der Waals surface area contributed by atoms with E-state index in [1.165, 1.54) is 89.0 Å². The first-order chi connectivity index (χ1) is 32.5. The molecule has 66 heavy (non-hydrogen) atoms. The molecule has 11 aromatic rings. The van der Waals surface area contributed by atoms with Gasteiger partial charge in [0.1, 0.15) is 11.2 Å². The Kier molecular flexibility index (Phi) is 7.70. The molecule has 1 atom stereocenters. The van der Waals surface area contributed by atoms with Gasteiger partial charge in [-0.05, 0) is 144 Å². The van der Waals surface area contributed by atoms with Crippen LogP contribution in [-0.2, 0) is 10.8 Å². The van der Waals surface area contributed by atoms with Gasteiger partial charge in [0.15, 0.2) is 0 Å². The number of hydrogen-bond donors (Lipinski definition) is 0. The quantitative estimate of drug-likeness (QED) is 0.176. The van der Waals surface area contributed by atoms with E-state index in [2.05, 4.69) is 243 Å². The molecule has 2 heteroatoms. The van der Waals surface area contributed by atoms with Crippen molar-refractivity contribution in [1.82, 2.24) is 0 Å². The number of para-hydroxylation sites is 1. The molecule has 14 rings (SSSR count). The normalized spacial score (nSPS) is 15.6. The standard InChI is InChI=1S/C64H43NO/c1-63(2)55-24-12-8-21-48(55)51-35-33-43(36-58(51)63)65(42-30-28-41(29-31-42)40-16-4-3-5-17-40)44-32-34-50-46-19-7-6-18-45(46)47-20-9-13-25-56(47)64(59(50)37-44)57-26-14-10-22-49(57)53-39-62-54(38-60(53)64)52-23-11-15-27-61(52)66-62/h3-39H,1-2H3. The summed E-state index contributed by atoms with van der Waals surface area (Å²) in [7, 11) is 0. The molecule has 0 N–H and O–H groups in total. The summed E-state index contributed by atoms with van der Waals surface area (Å²) in [6.45, 7) is 4.74. The van der Waals surface area contributed by atoms with E-state index in [0.717, 1.165) is 39.0 Å². The highest BCUT2D eigenvalue weighted by atomic mass is 16.3. The van der Waals surface area contributed by atoms with Crippen molar-refractivity contribution in [1.29, 1.82) is 0 Å². The zero-order chi connectivity index (χ0) is 43.7. The monoisotopic (exact) mass is 841 g/mol. The number of hydrogen-bond acceptors (Lipinski definition) is 2. The predicted molar refractivity (Wildman–Crippen MR) is 273 cm³/mol. The molecule has 0 radical (unpaired) electrons. The Labute approximate surface area is 384 Å². The van der Waals surface area contributed by atoms with Crippen LogP contribution in [0.2, 0.25) is 0 Å². The van der Waals surface area contributed by atoms with Gasteiger partial charge in [0.25, 0.3) is 0 Å². The van der Waals surface area contributed by atoms with Crippen molar-refractivity contribution in [2.75, 3.05) is 4.90 Å². The lowest BCUT2D eigenvalue weighted by Gasteiger charge is -2.36. The molecule has 1 spiro atoms. The summed E-state index contributed by atoms with van der Waals surface area (Å²) in [5.41, 5.74) is 24.6. The zero-order valence-electron chi connectivity index (χ0n) is 36.7. The van der Waals surface area contributed by atoms with Crippen LogP contribution in [-0.4, -0.2) is 0 Å². The van der Waals surface area contributed by atoms with Crippen LogP contribution in [0.4, 0.5) is 17.1 Å². The Hall–Kier alpha value is -8.20. The summed E-state index contributed by atoms with van der Waals surface area (Å²) < 4.78 is 6.63. The second kappa shape index (κ2) is 13.7. The number of benzene rings is 10. The van der Waals surface area contributed by atoms with Crippen molar-refractivity contribution >= 4 is 39.0 Å². The number of furan rings is 1. The Bertz CT molecular complexity index is 3800. The fourth-order valence-corrected chi connectivity index (χ4v) is 12.1. The summed E-state index contributed by atoms with van der Waals surface area (Å²) >= 11 is 0. The first-order valence-electron chi connectivity index (χ1n) is 23.1. The second-order valence-electron chi connectivity index (χ2n) is 18.8.